The van der Waals surface area contributed by atoms with Gasteiger partial charge in [0.15, 0.2) is 0 Å². The molecule has 0 amide bonds. The van der Waals surface area contributed by atoms with Gasteiger partial charge in [-0.2, -0.15) is 0 Å². The second-order valence-electron chi connectivity index (χ2n) is 12.9. The van der Waals surface area contributed by atoms with E-state index in [4.69, 9.17) is 14.3 Å². The number of hydrogen-bond acceptors (Lipinski definition) is 6. The van der Waals surface area contributed by atoms with Crippen LogP contribution in [0.2, 0.25) is 0 Å². The van der Waals surface area contributed by atoms with Crippen molar-refractivity contribution in [2.45, 2.75) is 83.5 Å². The summed E-state index contributed by atoms with van der Waals surface area (Å²) >= 11 is 0. The molecule has 0 unspecified atom stereocenters. The zero-order valence-corrected chi connectivity index (χ0v) is 27.0. The van der Waals surface area contributed by atoms with E-state index in [-0.39, 0.29) is 11.8 Å². The normalized spacial score (nSPS) is 14.7. The molecule has 0 bridgehead atoms. The number of ketones is 1. The summed E-state index contributed by atoms with van der Waals surface area (Å²) in [6.45, 7) is 6.24. The van der Waals surface area contributed by atoms with Gasteiger partial charge in [0.25, 0.3) is 5.90 Å². The zero-order valence-electron chi connectivity index (χ0n) is 27.0. The Balaban J connectivity index is 1.31. The highest BCUT2D eigenvalue weighted by Crippen LogP contribution is 2.41. The van der Waals surface area contributed by atoms with Crippen molar-refractivity contribution in [3.05, 3.63) is 143 Å². The van der Waals surface area contributed by atoms with Crippen molar-refractivity contribution in [1.82, 2.24) is 0 Å². The van der Waals surface area contributed by atoms with Crippen LogP contribution in [0.1, 0.15) is 91.1 Å². The van der Waals surface area contributed by atoms with E-state index < -0.39 is 11.0 Å². The number of ether oxygens (including phenoxy) is 2. The summed E-state index contributed by atoms with van der Waals surface area (Å²) < 4.78 is 11.7. The quantitative estimate of drug-likeness (QED) is 0.0728. The molecular weight excluding hydrogens is 574 g/mol. The first kappa shape index (κ1) is 32.7. The van der Waals surface area contributed by atoms with Gasteiger partial charge in [0, 0.05) is 12.0 Å². The highest BCUT2D eigenvalue weighted by atomic mass is 16.6. The molecule has 0 heterocycles. The first-order valence-corrected chi connectivity index (χ1v) is 16.1. The predicted octanol–water partition coefficient (Wildman–Crippen LogP) is 8.75. The molecule has 4 aromatic carbocycles. The second kappa shape index (κ2) is 15.0. The molecule has 5 rings (SSSR count). The van der Waals surface area contributed by atoms with E-state index >= 15 is 0 Å². The number of carbonyl (C=O) groups is 2. The van der Waals surface area contributed by atoms with Crippen molar-refractivity contribution in [2.24, 2.45) is 5.16 Å². The van der Waals surface area contributed by atoms with Gasteiger partial charge in [0.2, 0.25) is 0 Å². The van der Waals surface area contributed by atoms with Crippen molar-refractivity contribution in [3.8, 4) is 0 Å². The van der Waals surface area contributed by atoms with Crippen molar-refractivity contribution < 1.29 is 23.9 Å². The number of Topliss-reactive ketones (excluding diaryl/α,β-unsaturated/α-hetero) is 1. The van der Waals surface area contributed by atoms with Crippen LogP contribution in [-0.2, 0) is 44.2 Å². The van der Waals surface area contributed by atoms with Crippen LogP contribution in [0.5, 0.6) is 0 Å². The van der Waals surface area contributed by atoms with Gasteiger partial charge in [0.05, 0.1) is 11.0 Å². The van der Waals surface area contributed by atoms with Gasteiger partial charge in [-0.25, -0.2) is 4.79 Å². The number of nitrogens with zero attached hydrogens (tertiary/aromatic N) is 1. The fourth-order valence-corrected chi connectivity index (χ4v) is 5.89. The summed E-state index contributed by atoms with van der Waals surface area (Å²) in [5, 5.41) is 4.35. The lowest BCUT2D eigenvalue weighted by molar-refractivity contribution is -0.125. The molecule has 0 radical (unpaired) electrons. The largest absolute Gasteiger partial charge is 0.470 e. The molecule has 0 aliphatic heterocycles. The Morgan fingerprint density at radius 1 is 0.674 bits per heavy atom. The monoisotopic (exact) mass is 617 g/mol. The topological polar surface area (TPSA) is 74.2 Å². The van der Waals surface area contributed by atoms with Crippen LogP contribution in [-0.4, -0.2) is 23.3 Å². The van der Waals surface area contributed by atoms with Crippen LogP contribution >= 0.6 is 0 Å². The van der Waals surface area contributed by atoms with Gasteiger partial charge in [-0.3, -0.25) is 4.79 Å². The van der Waals surface area contributed by atoms with Gasteiger partial charge >= 0.3 is 5.97 Å². The third kappa shape index (κ3) is 8.72. The third-order valence-corrected chi connectivity index (χ3v) is 8.32. The zero-order chi connectivity index (χ0) is 32.4. The molecule has 1 aliphatic carbocycles. The van der Waals surface area contributed by atoms with Crippen molar-refractivity contribution in [2.75, 3.05) is 0 Å². The van der Waals surface area contributed by atoms with E-state index in [1.807, 2.05) is 118 Å². The molecule has 0 N–H and O–H groups in total. The maximum Gasteiger partial charge on any atom is 0.338 e. The molecular formula is C40H43NO5. The van der Waals surface area contributed by atoms with Crippen molar-refractivity contribution in [3.63, 3.8) is 0 Å². The summed E-state index contributed by atoms with van der Waals surface area (Å²) in [7, 11) is 0. The number of hydrogen-bond donors (Lipinski definition) is 0. The number of rotatable bonds is 11. The molecule has 1 fully saturated rings. The molecule has 0 atom stereocenters. The molecule has 4 aromatic rings. The van der Waals surface area contributed by atoms with Crippen LogP contribution in [0.25, 0.3) is 0 Å². The van der Waals surface area contributed by atoms with Gasteiger partial charge in [-0.1, -0.05) is 104 Å². The lowest BCUT2D eigenvalue weighted by Crippen LogP contribution is -2.39. The predicted molar refractivity (Wildman–Crippen MR) is 181 cm³/mol. The van der Waals surface area contributed by atoms with E-state index in [1.165, 1.54) is 0 Å². The van der Waals surface area contributed by atoms with Gasteiger partial charge in [-0.05, 0) is 85.3 Å². The highest BCUT2D eigenvalue weighted by Gasteiger charge is 2.40. The third-order valence-electron chi connectivity index (χ3n) is 8.32. The van der Waals surface area contributed by atoms with E-state index in [2.05, 4.69) is 5.16 Å². The average molecular weight is 618 g/mol. The van der Waals surface area contributed by atoms with E-state index in [0.717, 1.165) is 59.9 Å². The number of benzene rings is 4. The molecule has 6 nitrogen and oxygen atoms in total. The standard InChI is InChI=1S/C40H43NO5/c1-39(2,3)46-38(43)34-21-23-35(24-22-34)40(25-11-6-12-26-40)36(42)27-30-17-19-33(20-18-30)37(44-28-31-13-7-4-8-14-31)41-45-29-32-15-9-5-10-16-32/h4-5,7-10,13-24H,6,11-12,25-29H2,1-3H3. The van der Waals surface area contributed by atoms with Gasteiger partial charge in [-0.15, -0.1) is 0 Å². The average Bonchev–Trinajstić information content (AvgIpc) is 3.07. The van der Waals surface area contributed by atoms with Crippen LogP contribution < -0.4 is 0 Å². The summed E-state index contributed by atoms with van der Waals surface area (Å²) in [6, 6.07) is 35.0. The molecule has 0 spiro atoms. The molecule has 0 aromatic heterocycles. The number of carbonyl (C=O) groups excluding carboxylic acids is 2. The van der Waals surface area contributed by atoms with Gasteiger partial charge < -0.3 is 14.3 Å². The summed E-state index contributed by atoms with van der Waals surface area (Å²) in [4.78, 5) is 32.4. The fourth-order valence-electron chi connectivity index (χ4n) is 5.89. The Bertz CT molecular complexity index is 1600. The Hall–Kier alpha value is -4.71. The molecule has 6 heteroatoms. The molecule has 1 aliphatic rings. The minimum absolute atomic E-state index is 0.199. The highest BCUT2D eigenvalue weighted by molar-refractivity contribution is 5.95. The van der Waals surface area contributed by atoms with Crippen LogP contribution in [0.15, 0.2) is 114 Å². The molecule has 46 heavy (non-hydrogen) atoms. The van der Waals surface area contributed by atoms with Crippen LogP contribution in [0.3, 0.4) is 0 Å². The Labute approximate surface area is 272 Å². The van der Waals surface area contributed by atoms with E-state index in [1.54, 1.807) is 12.1 Å². The van der Waals surface area contributed by atoms with E-state index in [0.29, 0.717) is 31.1 Å². The fraction of sp³-hybridized carbons (Fsp3) is 0.325. The Morgan fingerprint density at radius 3 is 1.83 bits per heavy atom. The number of esters is 1. The SMILES string of the molecule is CC(C)(C)OC(=O)c1ccc(C2(C(=O)Cc3ccc(C(=NOCc4ccccc4)OCc4ccccc4)cc3)CCCCC2)cc1. The minimum atomic E-state index is -0.569. The lowest BCUT2D eigenvalue weighted by Gasteiger charge is -2.36. The number of oxime groups is 1. The Kier molecular flexibility index (Phi) is 10.7. The second-order valence-corrected chi connectivity index (χ2v) is 12.9. The van der Waals surface area contributed by atoms with Gasteiger partial charge in [0.1, 0.15) is 24.6 Å². The maximum absolute atomic E-state index is 14.1. The lowest BCUT2D eigenvalue weighted by atomic mass is 9.65. The summed E-state index contributed by atoms with van der Waals surface area (Å²) in [5.74, 6) is 0.223. The smallest absolute Gasteiger partial charge is 0.338 e. The minimum Gasteiger partial charge on any atom is -0.470 e. The van der Waals surface area contributed by atoms with E-state index in [9.17, 15) is 9.59 Å². The van der Waals surface area contributed by atoms with Crippen LogP contribution in [0.4, 0.5) is 0 Å². The molecule has 238 valence electrons. The summed E-state index contributed by atoms with van der Waals surface area (Å²) in [5.41, 5.74) is 4.06. The van der Waals surface area contributed by atoms with Crippen LogP contribution in [0, 0.1) is 0 Å². The first-order chi connectivity index (χ1) is 22.2. The van der Waals surface area contributed by atoms with Crippen molar-refractivity contribution in [1.29, 1.82) is 0 Å². The molecule has 0 saturated heterocycles. The Morgan fingerprint density at radius 2 is 1.24 bits per heavy atom. The molecule has 1 saturated carbocycles. The maximum atomic E-state index is 14.1. The summed E-state index contributed by atoms with van der Waals surface area (Å²) in [6.07, 6.45) is 5.05. The first-order valence-electron chi connectivity index (χ1n) is 16.1. The van der Waals surface area contributed by atoms with Crippen molar-refractivity contribution >= 4 is 17.7 Å².